The molecule has 65 heavy (non-hydrogen) atoms. The maximum atomic E-state index is 14.1. The summed E-state index contributed by atoms with van der Waals surface area (Å²) in [7, 11) is 0. The highest BCUT2D eigenvalue weighted by atomic mass is 35.5. The van der Waals surface area contributed by atoms with Crippen LogP contribution in [0.2, 0.25) is 5.02 Å². The molecular weight excluding hydrogens is 879 g/mol. The number of β-amino-alcohol motifs (C(OH)–C–C–N with tert-alkyl or cyclic N) is 1. The van der Waals surface area contributed by atoms with E-state index in [-0.39, 0.29) is 66.3 Å². The molecule has 2 aliphatic rings. The number of unbranched alkanes of at least 4 members (excludes halogenated alkanes) is 6. The fourth-order valence-corrected chi connectivity index (χ4v) is 9.38. The van der Waals surface area contributed by atoms with Crippen LogP contribution in [0.5, 0.6) is 0 Å². The average Bonchev–Trinajstić information content (AvgIpc) is 3.99. The molecule has 0 unspecified atom stereocenters. The molecule has 4 aromatic rings. The van der Waals surface area contributed by atoms with Gasteiger partial charge in [-0.25, -0.2) is 9.37 Å². The van der Waals surface area contributed by atoms with E-state index in [4.69, 9.17) is 11.6 Å². The average molecular weight is 936 g/mol. The number of aryl methyl sites for hydroxylation is 1. The van der Waals surface area contributed by atoms with E-state index in [1.54, 1.807) is 16.8 Å². The van der Waals surface area contributed by atoms with Crippen molar-refractivity contribution in [3.05, 3.63) is 103 Å². The summed E-state index contributed by atoms with van der Waals surface area (Å²) in [5, 5.41) is 34.0. The molecule has 2 aromatic carbocycles. The van der Waals surface area contributed by atoms with Gasteiger partial charge in [0.15, 0.2) is 0 Å². The zero-order chi connectivity index (χ0) is 47.0. The Morgan fingerprint density at radius 1 is 1.03 bits per heavy atom. The van der Waals surface area contributed by atoms with E-state index in [9.17, 15) is 43.6 Å². The summed E-state index contributed by atoms with van der Waals surface area (Å²) in [6.45, 7) is 7.72. The third kappa shape index (κ3) is 12.1. The molecule has 5 N–H and O–H groups in total. The SMILES string of the molecule is Cc1ncsc1-c1ccc(CNC(=O)[C@@H]2C[C@@H](O)CN2C(=O)[C@@H](NC(=O)CCCCCCCCCNC(=O)c2cc([N+](=O)[O-])c3n2CC(=O)N[C@@H]3c2cc(F)ccc2Cl)C(C)(C)C)cc1. The quantitative estimate of drug-likeness (QED) is 0.0393. The Morgan fingerprint density at radius 2 is 1.72 bits per heavy atom. The van der Waals surface area contributed by atoms with Crippen molar-refractivity contribution in [3.8, 4) is 10.4 Å². The number of thiazole rings is 1. The van der Waals surface area contributed by atoms with Gasteiger partial charge in [0.1, 0.15) is 41.9 Å². The van der Waals surface area contributed by atoms with Gasteiger partial charge >= 0.3 is 0 Å². The van der Waals surface area contributed by atoms with Gasteiger partial charge in [-0.05, 0) is 54.5 Å². The normalized spacial score (nSPS) is 17.6. The van der Waals surface area contributed by atoms with Crippen molar-refractivity contribution < 1.29 is 38.4 Å². The van der Waals surface area contributed by atoms with E-state index in [0.29, 0.717) is 19.4 Å². The first kappa shape index (κ1) is 48.7. The van der Waals surface area contributed by atoms with Crippen molar-refractivity contribution in [2.24, 2.45) is 5.41 Å². The second-order valence-electron chi connectivity index (χ2n) is 17.7. The number of halogens is 2. The Bertz CT molecular complexity index is 2400. The molecule has 2 aromatic heterocycles. The number of aliphatic hydroxyl groups excluding tert-OH is 1. The van der Waals surface area contributed by atoms with Crippen LogP contribution in [0.1, 0.15) is 118 Å². The van der Waals surface area contributed by atoms with Crippen LogP contribution in [0, 0.1) is 28.3 Å². The molecule has 5 amide bonds. The van der Waals surface area contributed by atoms with Gasteiger partial charge in [0.05, 0.1) is 27.1 Å². The van der Waals surface area contributed by atoms with E-state index in [2.05, 4.69) is 26.3 Å². The minimum atomic E-state index is -1.13. The highest BCUT2D eigenvalue weighted by molar-refractivity contribution is 7.13. The summed E-state index contributed by atoms with van der Waals surface area (Å²) in [6, 6.07) is 9.57. The molecule has 348 valence electrons. The molecule has 0 spiro atoms. The fourth-order valence-electron chi connectivity index (χ4n) is 8.34. The number of nitrogens with zero attached hydrogens (tertiary/aromatic N) is 4. The number of benzene rings is 2. The molecule has 19 heteroatoms. The molecule has 4 heterocycles. The number of hydrogen-bond acceptors (Lipinski definition) is 10. The Morgan fingerprint density at radius 3 is 2.38 bits per heavy atom. The molecular formula is C46H56ClFN8O8S. The lowest BCUT2D eigenvalue weighted by Crippen LogP contribution is -2.57. The van der Waals surface area contributed by atoms with Crippen molar-refractivity contribution in [2.45, 2.75) is 123 Å². The number of hydrogen-bond donors (Lipinski definition) is 5. The van der Waals surface area contributed by atoms with Gasteiger partial charge < -0.3 is 35.8 Å². The van der Waals surface area contributed by atoms with Gasteiger partial charge in [0, 0.05) is 49.1 Å². The van der Waals surface area contributed by atoms with Crippen LogP contribution in [-0.2, 0) is 32.3 Å². The van der Waals surface area contributed by atoms with Crippen molar-refractivity contribution >= 4 is 58.2 Å². The molecule has 0 saturated carbocycles. The molecule has 4 atom stereocenters. The van der Waals surface area contributed by atoms with Crippen LogP contribution in [0.4, 0.5) is 10.1 Å². The van der Waals surface area contributed by atoms with Gasteiger partial charge in [-0.2, -0.15) is 0 Å². The van der Waals surface area contributed by atoms with Crippen molar-refractivity contribution in [3.63, 3.8) is 0 Å². The van der Waals surface area contributed by atoms with E-state index in [1.807, 2.05) is 52.0 Å². The lowest BCUT2D eigenvalue weighted by Gasteiger charge is -2.35. The van der Waals surface area contributed by atoms with Crippen molar-refractivity contribution in [1.29, 1.82) is 0 Å². The number of rotatable bonds is 19. The van der Waals surface area contributed by atoms with Crippen LogP contribution < -0.4 is 21.3 Å². The van der Waals surface area contributed by atoms with Gasteiger partial charge in [-0.1, -0.05) is 88.7 Å². The second kappa shape index (κ2) is 21.5. The van der Waals surface area contributed by atoms with E-state index in [0.717, 1.165) is 72.0 Å². The summed E-state index contributed by atoms with van der Waals surface area (Å²) in [5.41, 5.74) is 3.73. The molecule has 2 aliphatic heterocycles. The lowest BCUT2D eigenvalue weighted by molar-refractivity contribution is -0.385. The Balaban J connectivity index is 0.904. The minimum absolute atomic E-state index is 0.00967. The monoisotopic (exact) mass is 934 g/mol. The zero-order valence-corrected chi connectivity index (χ0v) is 38.5. The number of likely N-dealkylation sites (tertiary alicyclic amines) is 1. The van der Waals surface area contributed by atoms with E-state index >= 15 is 0 Å². The predicted molar refractivity (Wildman–Crippen MR) is 243 cm³/mol. The van der Waals surface area contributed by atoms with Crippen LogP contribution in [-0.4, -0.2) is 85.3 Å². The Hall–Kier alpha value is -5.72. The summed E-state index contributed by atoms with van der Waals surface area (Å²) in [4.78, 5) is 84.6. The molecule has 0 radical (unpaired) electrons. The number of carbonyl (C=O) groups excluding carboxylic acids is 5. The lowest BCUT2D eigenvalue weighted by atomic mass is 9.85. The third-order valence-electron chi connectivity index (χ3n) is 11.8. The van der Waals surface area contributed by atoms with Crippen LogP contribution in [0.25, 0.3) is 10.4 Å². The first-order chi connectivity index (χ1) is 30.9. The highest BCUT2D eigenvalue weighted by Crippen LogP contribution is 2.38. The van der Waals surface area contributed by atoms with Crippen LogP contribution in [0.3, 0.4) is 0 Å². The second-order valence-corrected chi connectivity index (χ2v) is 19.0. The van der Waals surface area contributed by atoms with Gasteiger partial charge in [-0.3, -0.25) is 34.1 Å². The topological polar surface area (TPSA) is 218 Å². The van der Waals surface area contributed by atoms with Crippen molar-refractivity contribution in [1.82, 2.24) is 35.7 Å². The molecule has 6 rings (SSSR count). The van der Waals surface area contributed by atoms with Crippen LogP contribution >= 0.6 is 22.9 Å². The summed E-state index contributed by atoms with van der Waals surface area (Å²) >= 11 is 7.85. The van der Waals surface area contributed by atoms with Gasteiger partial charge in [0.2, 0.25) is 23.6 Å². The molecule has 1 saturated heterocycles. The number of nitro groups is 1. The number of aliphatic hydroxyl groups is 1. The number of carbonyl (C=O) groups is 5. The molecule has 16 nitrogen and oxygen atoms in total. The number of amides is 5. The first-order valence-electron chi connectivity index (χ1n) is 21.9. The summed E-state index contributed by atoms with van der Waals surface area (Å²) in [6.07, 6.45) is 4.95. The molecule has 0 bridgehead atoms. The fraction of sp³-hybridized carbons (Fsp3) is 0.478. The number of aromatic nitrogens is 2. The number of fused-ring (bicyclic) bond motifs is 1. The van der Waals surface area contributed by atoms with E-state index < -0.39 is 63.8 Å². The number of nitrogens with one attached hydrogen (secondary N) is 4. The molecule has 0 aliphatic carbocycles. The maximum absolute atomic E-state index is 14.1. The summed E-state index contributed by atoms with van der Waals surface area (Å²) < 4.78 is 15.4. The smallest absolute Gasteiger partial charge is 0.293 e. The third-order valence-corrected chi connectivity index (χ3v) is 13.1. The maximum Gasteiger partial charge on any atom is 0.293 e. The highest BCUT2D eigenvalue weighted by Gasteiger charge is 2.44. The summed E-state index contributed by atoms with van der Waals surface area (Å²) in [5.74, 6) is -2.78. The first-order valence-corrected chi connectivity index (χ1v) is 23.1. The van der Waals surface area contributed by atoms with Crippen LogP contribution in [0.15, 0.2) is 54.0 Å². The van der Waals surface area contributed by atoms with Gasteiger partial charge in [-0.15, -0.1) is 11.3 Å². The van der Waals surface area contributed by atoms with Crippen molar-refractivity contribution in [2.75, 3.05) is 13.1 Å². The standard InChI is InChI=1S/C46H56ClFN8O8S/c1-27-41(65-26-51-27)29-15-13-28(14-16-29)23-50-44(61)35-21-31(57)24-55(35)45(62)42(46(2,3)4)53-37(58)12-10-8-6-5-7-9-11-19-49-43(60)36-22-34(56(63)64)40-39(52-38(59)25-54(36)40)32-20-30(48)17-18-33(32)47/h13-18,20,22,26,31,35,39,42,57H,5-12,19,21,23-25H2,1-4H3,(H,49,60)(H,50,61)(H,52,59)(H,53,58)/t31-,35+,39-,42-/m1/s1. The predicted octanol–water partition coefficient (Wildman–Crippen LogP) is 6.50. The Labute approximate surface area is 385 Å². The minimum Gasteiger partial charge on any atom is -0.391 e. The largest absolute Gasteiger partial charge is 0.391 e. The molecule has 1 fully saturated rings. The van der Waals surface area contributed by atoms with E-state index in [1.165, 1.54) is 15.5 Å². The van der Waals surface area contributed by atoms with Gasteiger partial charge in [0.25, 0.3) is 11.6 Å². The Kier molecular flexibility index (Phi) is 16.1. The zero-order valence-electron chi connectivity index (χ0n) is 37.0.